The molecule has 0 spiro atoms. The highest BCUT2D eigenvalue weighted by atomic mass is 32.1. The van der Waals surface area contributed by atoms with Gasteiger partial charge < -0.3 is 9.80 Å². The zero-order chi connectivity index (χ0) is 22.5. The maximum absolute atomic E-state index is 13.1. The third-order valence-electron chi connectivity index (χ3n) is 7.57. The van der Waals surface area contributed by atoms with Crippen LogP contribution in [0.1, 0.15) is 71.2 Å². The number of amides is 1. The molecule has 1 atom stereocenters. The molecule has 172 valence electrons. The third-order valence-corrected chi connectivity index (χ3v) is 8.72. The number of hydrogen-bond donors (Lipinski definition) is 0. The standard InChI is InChI=1S/C27H32N4OS/c1-3-18-5-7-20(8-6-18)27(32)31-14-12-30(13-15-31)25-23-21-11-4-17(2)16-22(21)33-26(23)29-24(28-25)19-9-10-19/h5-8,17,19H,3-4,9-16H2,1-2H3/t17-/m0/s1. The van der Waals surface area contributed by atoms with Crippen molar-refractivity contribution >= 4 is 33.3 Å². The van der Waals surface area contributed by atoms with E-state index in [1.807, 2.05) is 28.4 Å². The molecule has 0 N–H and O–H groups in total. The van der Waals surface area contributed by atoms with Crippen LogP contribution < -0.4 is 4.90 Å². The number of carbonyl (C=O) groups excluding carboxylic acids is 1. The van der Waals surface area contributed by atoms with Gasteiger partial charge in [-0.2, -0.15) is 0 Å². The fourth-order valence-electron chi connectivity index (χ4n) is 5.28. The summed E-state index contributed by atoms with van der Waals surface area (Å²) in [5.41, 5.74) is 3.56. The summed E-state index contributed by atoms with van der Waals surface area (Å²) >= 11 is 1.90. The van der Waals surface area contributed by atoms with Crippen molar-refractivity contribution in [3.8, 4) is 0 Å². The van der Waals surface area contributed by atoms with Gasteiger partial charge in [0.15, 0.2) is 0 Å². The molecule has 3 heterocycles. The molecule has 6 heteroatoms. The molecule has 1 saturated carbocycles. The fourth-order valence-corrected chi connectivity index (χ4v) is 6.66. The first-order valence-corrected chi connectivity index (χ1v) is 13.4. The lowest BCUT2D eigenvalue weighted by Crippen LogP contribution is -2.49. The fraction of sp³-hybridized carbons (Fsp3) is 0.519. The van der Waals surface area contributed by atoms with Crippen LogP contribution in [-0.2, 0) is 19.3 Å². The van der Waals surface area contributed by atoms with Crippen LogP contribution in [0.2, 0.25) is 0 Å². The molecule has 2 aliphatic carbocycles. The Balaban J connectivity index is 1.27. The summed E-state index contributed by atoms with van der Waals surface area (Å²) in [6, 6.07) is 8.09. The van der Waals surface area contributed by atoms with Gasteiger partial charge >= 0.3 is 0 Å². The van der Waals surface area contributed by atoms with Gasteiger partial charge in [0.1, 0.15) is 16.5 Å². The zero-order valence-electron chi connectivity index (χ0n) is 19.6. The van der Waals surface area contributed by atoms with Gasteiger partial charge in [-0.25, -0.2) is 9.97 Å². The molecule has 2 fully saturated rings. The largest absolute Gasteiger partial charge is 0.352 e. The van der Waals surface area contributed by atoms with Crippen LogP contribution in [0.5, 0.6) is 0 Å². The van der Waals surface area contributed by atoms with E-state index in [0.717, 1.165) is 62.1 Å². The Morgan fingerprint density at radius 1 is 1.06 bits per heavy atom. The van der Waals surface area contributed by atoms with Crippen molar-refractivity contribution in [2.24, 2.45) is 5.92 Å². The van der Waals surface area contributed by atoms with Gasteiger partial charge in [0.2, 0.25) is 0 Å². The summed E-state index contributed by atoms with van der Waals surface area (Å²) in [5, 5.41) is 1.31. The maximum atomic E-state index is 13.1. The number of nitrogens with zero attached hydrogens (tertiary/aromatic N) is 4. The van der Waals surface area contributed by atoms with E-state index in [1.165, 1.54) is 51.9 Å². The highest BCUT2D eigenvalue weighted by molar-refractivity contribution is 7.19. The topological polar surface area (TPSA) is 49.3 Å². The summed E-state index contributed by atoms with van der Waals surface area (Å²) < 4.78 is 0. The van der Waals surface area contributed by atoms with E-state index in [4.69, 9.17) is 9.97 Å². The smallest absolute Gasteiger partial charge is 0.253 e. The van der Waals surface area contributed by atoms with Crippen LogP contribution in [0, 0.1) is 5.92 Å². The monoisotopic (exact) mass is 460 g/mol. The van der Waals surface area contributed by atoms with Crippen LogP contribution in [0.15, 0.2) is 24.3 Å². The van der Waals surface area contributed by atoms with E-state index in [9.17, 15) is 4.79 Å². The predicted octanol–water partition coefficient (Wildman–Crippen LogP) is 5.22. The average Bonchev–Trinajstić information content (AvgIpc) is 3.64. The Morgan fingerprint density at radius 3 is 2.52 bits per heavy atom. The molecule has 5 nitrogen and oxygen atoms in total. The molecule has 3 aromatic rings. The van der Waals surface area contributed by atoms with Crippen molar-refractivity contribution in [2.75, 3.05) is 31.1 Å². The van der Waals surface area contributed by atoms with Crippen LogP contribution in [0.25, 0.3) is 10.2 Å². The number of rotatable bonds is 4. The molecule has 0 radical (unpaired) electrons. The van der Waals surface area contributed by atoms with Crippen LogP contribution in [-0.4, -0.2) is 47.0 Å². The molecule has 1 saturated heterocycles. The van der Waals surface area contributed by atoms with Gasteiger partial charge in [0, 0.05) is 42.5 Å². The molecular weight excluding hydrogens is 428 g/mol. The number of fused-ring (bicyclic) bond motifs is 3. The van der Waals surface area contributed by atoms with Gasteiger partial charge in [0.25, 0.3) is 5.91 Å². The Kier molecular flexibility index (Phi) is 5.36. The lowest BCUT2D eigenvalue weighted by atomic mass is 9.89. The van der Waals surface area contributed by atoms with Gasteiger partial charge in [-0.05, 0) is 67.7 Å². The van der Waals surface area contributed by atoms with Crippen molar-refractivity contribution in [3.05, 3.63) is 51.7 Å². The van der Waals surface area contributed by atoms with Crippen LogP contribution in [0.4, 0.5) is 5.82 Å². The minimum atomic E-state index is 0.144. The minimum Gasteiger partial charge on any atom is -0.352 e. The number of thiophene rings is 1. The molecule has 1 aliphatic heterocycles. The lowest BCUT2D eigenvalue weighted by molar-refractivity contribution is 0.0746. The van der Waals surface area contributed by atoms with E-state index in [1.54, 1.807) is 0 Å². The number of anilines is 1. The number of aromatic nitrogens is 2. The number of carbonyl (C=O) groups is 1. The van der Waals surface area contributed by atoms with Gasteiger partial charge in [0.05, 0.1) is 5.39 Å². The summed E-state index contributed by atoms with van der Waals surface area (Å²) in [6.07, 6.45) is 6.99. The first-order chi connectivity index (χ1) is 16.1. The third kappa shape index (κ3) is 3.92. The molecule has 1 aromatic carbocycles. The Labute approximate surface area is 199 Å². The first-order valence-electron chi connectivity index (χ1n) is 12.6. The molecular formula is C27H32N4OS. The lowest BCUT2D eigenvalue weighted by Gasteiger charge is -2.36. The highest BCUT2D eigenvalue weighted by Crippen LogP contribution is 2.44. The predicted molar refractivity (Wildman–Crippen MR) is 135 cm³/mol. The molecule has 2 aromatic heterocycles. The minimum absolute atomic E-state index is 0.144. The van der Waals surface area contributed by atoms with Gasteiger partial charge in [-0.3, -0.25) is 4.79 Å². The summed E-state index contributed by atoms with van der Waals surface area (Å²) in [4.78, 5) is 30.4. The molecule has 6 rings (SSSR count). The Bertz CT molecular complexity index is 1190. The average molecular weight is 461 g/mol. The number of benzene rings is 1. The number of piperazine rings is 1. The number of aryl methyl sites for hydroxylation is 2. The second kappa shape index (κ2) is 8.39. The molecule has 0 unspecified atom stereocenters. The molecule has 0 bridgehead atoms. The van der Waals surface area contributed by atoms with Crippen molar-refractivity contribution in [1.82, 2.24) is 14.9 Å². The normalized spacial score (nSPS) is 20.8. The first kappa shape index (κ1) is 21.1. The SMILES string of the molecule is CCc1ccc(C(=O)N2CCN(c3nc(C4CC4)nc4sc5c(c34)CC[C@H](C)C5)CC2)cc1. The van der Waals surface area contributed by atoms with Gasteiger partial charge in [-0.15, -0.1) is 11.3 Å². The van der Waals surface area contributed by atoms with E-state index >= 15 is 0 Å². The number of hydrogen-bond acceptors (Lipinski definition) is 5. The van der Waals surface area contributed by atoms with E-state index in [2.05, 4.69) is 30.9 Å². The quantitative estimate of drug-likeness (QED) is 0.536. The maximum Gasteiger partial charge on any atom is 0.253 e. The van der Waals surface area contributed by atoms with E-state index in [-0.39, 0.29) is 5.91 Å². The van der Waals surface area contributed by atoms with Crippen LogP contribution in [0.3, 0.4) is 0 Å². The second-order valence-electron chi connectivity index (χ2n) is 10.0. The molecule has 1 amide bonds. The summed E-state index contributed by atoms with van der Waals surface area (Å²) in [7, 11) is 0. The van der Waals surface area contributed by atoms with Crippen molar-refractivity contribution < 1.29 is 4.79 Å². The van der Waals surface area contributed by atoms with Gasteiger partial charge in [-0.1, -0.05) is 26.0 Å². The van der Waals surface area contributed by atoms with Crippen molar-refractivity contribution in [1.29, 1.82) is 0 Å². The van der Waals surface area contributed by atoms with Crippen molar-refractivity contribution in [2.45, 2.75) is 58.3 Å². The van der Waals surface area contributed by atoms with E-state index < -0.39 is 0 Å². The Hall–Kier alpha value is -2.47. The zero-order valence-corrected chi connectivity index (χ0v) is 20.5. The Morgan fingerprint density at radius 2 is 1.82 bits per heavy atom. The highest BCUT2D eigenvalue weighted by Gasteiger charge is 2.32. The summed E-state index contributed by atoms with van der Waals surface area (Å²) in [5.74, 6) is 3.61. The van der Waals surface area contributed by atoms with Crippen molar-refractivity contribution in [3.63, 3.8) is 0 Å². The molecule has 33 heavy (non-hydrogen) atoms. The van der Waals surface area contributed by atoms with Crippen LogP contribution >= 0.6 is 11.3 Å². The molecule has 3 aliphatic rings. The second-order valence-corrected chi connectivity index (χ2v) is 11.1. The van der Waals surface area contributed by atoms with E-state index in [0.29, 0.717) is 5.92 Å². The summed E-state index contributed by atoms with van der Waals surface area (Å²) in [6.45, 7) is 7.64.